The molecular formula is C23H28N2O3. The van der Waals surface area contributed by atoms with E-state index >= 15 is 0 Å². The monoisotopic (exact) mass is 380 g/mol. The number of benzene rings is 2. The molecule has 1 amide bonds. The van der Waals surface area contributed by atoms with Crippen LogP contribution in [0.15, 0.2) is 52.9 Å². The van der Waals surface area contributed by atoms with Crippen molar-refractivity contribution < 1.29 is 13.9 Å². The molecule has 0 fully saturated rings. The van der Waals surface area contributed by atoms with Gasteiger partial charge in [0.15, 0.2) is 0 Å². The normalized spacial score (nSPS) is 11.1. The van der Waals surface area contributed by atoms with Gasteiger partial charge < -0.3 is 19.4 Å². The largest absolute Gasteiger partial charge is 0.492 e. The molecule has 0 atom stereocenters. The number of anilines is 1. The zero-order chi connectivity index (χ0) is 19.9. The highest BCUT2D eigenvalue weighted by molar-refractivity contribution is 6.13. The lowest BCUT2D eigenvalue weighted by Crippen LogP contribution is -2.19. The number of rotatable bonds is 9. The van der Waals surface area contributed by atoms with E-state index in [2.05, 4.69) is 17.1 Å². The number of carbonyl (C=O) groups is 1. The molecule has 0 unspecified atom stereocenters. The minimum Gasteiger partial charge on any atom is -0.492 e. The standard InChI is InChI=1S/C23H28N2O3/c1-4-5-9-21-22(19-8-6-7-10-20(19)28-21)23(26)24-17-11-13-18(14-12-17)27-16-15-25(2)3/h6-8,10-14H,4-5,9,15-16H2,1-3H3,(H,24,26). The summed E-state index contributed by atoms with van der Waals surface area (Å²) in [7, 11) is 4.02. The van der Waals surface area contributed by atoms with E-state index in [1.54, 1.807) is 0 Å². The van der Waals surface area contributed by atoms with E-state index < -0.39 is 0 Å². The quantitative estimate of drug-likeness (QED) is 0.569. The maximum atomic E-state index is 13.0. The molecule has 0 aliphatic carbocycles. The highest BCUT2D eigenvalue weighted by Crippen LogP contribution is 2.28. The van der Waals surface area contributed by atoms with Crippen LogP contribution >= 0.6 is 0 Å². The Morgan fingerprint density at radius 2 is 1.86 bits per heavy atom. The van der Waals surface area contributed by atoms with Crippen LogP contribution in [0.5, 0.6) is 5.75 Å². The molecule has 1 heterocycles. The first-order valence-corrected chi connectivity index (χ1v) is 9.78. The van der Waals surface area contributed by atoms with E-state index in [-0.39, 0.29) is 5.91 Å². The van der Waals surface area contributed by atoms with Gasteiger partial charge in [0.25, 0.3) is 5.91 Å². The number of para-hydroxylation sites is 1. The van der Waals surface area contributed by atoms with Crippen LogP contribution in [0.2, 0.25) is 0 Å². The number of carbonyl (C=O) groups excluding carboxylic acids is 1. The fourth-order valence-electron chi connectivity index (χ4n) is 3.03. The van der Waals surface area contributed by atoms with Gasteiger partial charge in [-0.3, -0.25) is 4.79 Å². The average molecular weight is 380 g/mol. The molecular weight excluding hydrogens is 352 g/mol. The molecule has 2 aromatic carbocycles. The predicted octanol–water partition coefficient (Wildman–Crippen LogP) is 4.97. The Morgan fingerprint density at radius 1 is 1.11 bits per heavy atom. The molecule has 0 aliphatic rings. The summed E-state index contributed by atoms with van der Waals surface area (Å²) < 4.78 is 11.7. The van der Waals surface area contributed by atoms with Gasteiger partial charge in [-0.15, -0.1) is 0 Å². The van der Waals surface area contributed by atoms with Gasteiger partial charge in [0, 0.05) is 24.0 Å². The van der Waals surface area contributed by atoms with Gasteiger partial charge in [-0.05, 0) is 50.8 Å². The molecule has 0 spiro atoms. The molecule has 0 radical (unpaired) electrons. The van der Waals surface area contributed by atoms with Crippen molar-refractivity contribution in [3.05, 3.63) is 59.9 Å². The van der Waals surface area contributed by atoms with Gasteiger partial charge in [-0.1, -0.05) is 31.5 Å². The molecule has 1 N–H and O–H groups in total. The molecule has 3 aromatic rings. The molecule has 28 heavy (non-hydrogen) atoms. The van der Waals surface area contributed by atoms with Crippen molar-refractivity contribution in [1.82, 2.24) is 4.90 Å². The average Bonchev–Trinajstić information content (AvgIpc) is 3.06. The summed E-state index contributed by atoms with van der Waals surface area (Å²) in [6.07, 6.45) is 2.79. The summed E-state index contributed by atoms with van der Waals surface area (Å²) in [6.45, 7) is 3.61. The van der Waals surface area contributed by atoms with Crippen molar-refractivity contribution in [2.45, 2.75) is 26.2 Å². The number of ether oxygens (including phenoxy) is 1. The molecule has 1 aromatic heterocycles. The van der Waals surface area contributed by atoms with Crippen LogP contribution in [0, 0.1) is 0 Å². The van der Waals surface area contributed by atoms with Crippen molar-refractivity contribution in [3.63, 3.8) is 0 Å². The van der Waals surface area contributed by atoms with Gasteiger partial charge in [0.1, 0.15) is 23.7 Å². The van der Waals surface area contributed by atoms with Gasteiger partial charge in [-0.2, -0.15) is 0 Å². The third-order valence-electron chi connectivity index (χ3n) is 4.57. The summed E-state index contributed by atoms with van der Waals surface area (Å²) in [6, 6.07) is 15.2. The number of likely N-dealkylation sites (N-methyl/N-ethyl adjacent to an activating group) is 1. The number of hydrogen-bond acceptors (Lipinski definition) is 4. The second kappa shape index (κ2) is 9.42. The Balaban J connectivity index is 1.74. The van der Waals surface area contributed by atoms with Crippen molar-refractivity contribution in [1.29, 1.82) is 0 Å². The second-order valence-electron chi connectivity index (χ2n) is 7.13. The highest BCUT2D eigenvalue weighted by Gasteiger charge is 2.20. The second-order valence-corrected chi connectivity index (χ2v) is 7.13. The molecule has 5 heteroatoms. The van der Waals surface area contributed by atoms with Crippen molar-refractivity contribution >= 4 is 22.6 Å². The van der Waals surface area contributed by atoms with E-state index in [0.29, 0.717) is 12.2 Å². The van der Waals surface area contributed by atoms with Gasteiger partial charge >= 0.3 is 0 Å². The number of furan rings is 1. The van der Waals surface area contributed by atoms with Crippen LogP contribution in [0.3, 0.4) is 0 Å². The first-order chi connectivity index (χ1) is 13.6. The minimum absolute atomic E-state index is 0.141. The fraction of sp³-hybridized carbons (Fsp3) is 0.348. The van der Waals surface area contributed by atoms with Crippen molar-refractivity contribution in [3.8, 4) is 5.75 Å². The summed E-state index contributed by atoms with van der Waals surface area (Å²) >= 11 is 0. The van der Waals surface area contributed by atoms with Gasteiger partial charge in [0.05, 0.1) is 5.56 Å². The van der Waals surface area contributed by atoms with Gasteiger partial charge in [0.2, 0.25) is 0 Å². The number of fused-ring (bicyclic) bond motifs is 1. The van der Waals surface area contributed by atoms with E-state index in [1.807, 2.05) is 62.6 Å². The van der Waals surface area contributed by atoms with Crippen molar-refractivity contribution in [2.75, 3.05) is 32.6 Å². The van der Waals surface area contributed by atoms with Crippen LogP contribution in [-0.2, 0) is 6.42 Å². The van der Waals surface area contributed by atoms with E-state index in [0.717, 1.165) is 54.0 Å². The van der Waals surface area contributed by atoms with Crippen LogP contribution in [0.25, 0.3) is 11.0 Å². The van der Waals surface area contributed by atoms with Crippen LogP contribution < -0.4 is 10.1 Å². The maximum absolute atomic E-state index is 13.0. The third-order valence-corrected chi connectivity index (χ3v) is 4.57. The number of amides is 1. The lowest BCUT2D eigenvalue weighted by atomic mass is 10.1. The molecule has 5 nitrogen and oxygen atoms in total. The Hall–Kier alpha value is -2.79. The Bertz CT molecular complexity index is 913. The number of hydrogen-bond donors (Lipinski definition) is 1. The first kappa shape index (κ1) is 20.0. The minimum atomic E-state index is -0.141. The van der Waals surface area contributed by atoms with Crippen LogP contribution in [0.4, 0.5) is 5.69 Å². The van der Waals surface area contributed by atoms with E-state index in [1.165, 1.54) is 0 Å². The summed E-state index contributed by atoms with van der Waals surface area (Å²) in [5, 5.41) is 3.85. The Labute approximate surface area is 166 Å². The zero-order valence-corrected chi connectivity index (χ0v) is 16.8. The lowest BCUT2D eigenvalue weighted by molar-refractivity contribution is 0.102. The van der Waals surface area contributed by atoms with Gasteiger partial charge in [-0.25, -0.2) is 0 Å². The summed E-state index contributed by atoms with van der Waals surface area (Å²) in [4.78, 5) is 15.1. The molecule has 0 bridgehead atoms. The summed E-state index contributed by atoms with van der Waals surface area (Å²) in [5.74, 6) is 1.40. The molecule has 0 aliphatic heterocycles. The zero-order valence-electron chi connectivity index (χ0n) is 16.8. The fourth-order valence-corrected chi connectivity index (χ4v) is 3.03. The Kier molecular flexibility index (Phi) is 6.71. The number of unbranched alkanes of at least 4 members (excludes halogenated alkanes) is 1. The Morgan fingerprint density at radius 3 is 2.57 bits per heavy atom. The highest BCUT2D eigenvalue weighted by atomic mass is 16.5. The molecule has 0 saturated heterocycles. The topological polar surface area (TPSA) is 54.7 Å². The molecule has 148 valence electrons. The smallest absolute Gasteiger partial charge is 0.259 e. The number of aryl methyl sites for hydroxylation is 1. The van der Waals surface area contributed by atoms with E-state index in [9.17, 15) is 4.79 Å². The third kappa shape index (κ3) is 4.93. The van der Waals surface area contributed by atoms with Crippen LogP contribution in [-0.4, -0.2) is 38.1 Å². The number of nitrogens with zero attached hydrogens (tertiary/aromatic N) is 1. The molecule has 3 rings (SSSR count). The van der Waals surface area contributed by atoms with Crippen LogP contribution in [0.1, 0.15) is 35.9 Å². The van der Waals surface area contributed by atoms with E-state index in [4.69, 9.17) is 9.15 Å². The first-order valence-electron chi connectivity index (χ1n) is 9.78. The molecule has 0 saturated carbocycles. The summed E-state index contributed by atoms with van der Waals surface area (Å²) in [5.41, 5.74) is 2.12. The SMILES string of the molecule is CCCCc1oc2ccccc2c1C(=O)Nc1ccc(OCCN(C)C)cc1. The maximum Gasteiger partial charge on any atom is 0.259 e. The van der Waals surface area contributed by atoms with Crippen molar-refractivity contribution in [2.24, 2.45) is 0 Å². The number of nitrogens with one attached hydrogen (secondary N) is 1. The lowest BCUT2D eigenvalue weighted by Gasteiger charge is -2.11. The predicted molar refractivity (Wildman–Crippen MR) is 113 cm³/mol.